The lowest BCUT2D eigenvalue weighted by atomic mass is 10.0. The molecular weight excluding hydrogens is 311 g/mol. The second kappa shape index (κ2) is 7.28. The Hall–Kier alpha value is -1.57. The van der Waals surface area contributed by atoms with E-state index in [1.165, 1.54) is 12.1 Å². The summed E-state index contributed by atoms with van der Waals surface area (Å²) in [6.45, 7) is -0.515. The molecule has 3 N–H and O–H groups in total. The van der Waals surface area contributed by atoms with Gasteiger partial charge >= 0.3 is 0 Å². The van der Waals surface area contributed by atoms with E-state index >= 15 is 0 Å². The minimum absolute atomic E-state index is 0.144. The molecule has 0 aliphatic heterocycles. The number of aliphatic hydroxyl groups is 1. The number of nitro benzene ring substituents is 1. The topological polar surface area (TPSA) is 113 Å². The minimum Gasteiger partial charge on any atom is -0.507 e. The first-order valence-electron chi connectivity index (χ1n) is 5.53. The molecule has 0 fully saturated rings. The van der Waals surface area contributed by atoms with E-state index in [0.29, 0.717) is 5.56 Å². The summed E-state index contributed by atoms with van der Waals surface area (Å²) in [7, 11) is 0. The number of nitrogens with one attached hydrogen (secondary N) is 1. The van der Waals surface area contributed by atoms with E-state index in [0.717, 1.165) is 0 Å². The average Bonchev–Trinajstić information content (AvgIpc) is 2.39. The maximum atomic E-state index is 11.1. The van der Waals surface area contributed by atoms with Crippen molar-refractivity contribution < 1.29 is 19.9 Å². The van der Waals surface area contributed by atoms with Crippen LogP contribution in [-0.2, 0) is 17.8 Å². The summed E-state index contributed by atoms with van der Waals surface area (Å²) < 4.78 is 0. The lowest BCUT2D eigenvalue weighted by Gasteiger charge is -2.10. The second-order valence-corrected chi connectivity index (χ2v) is 4.92. The molecule has 0 heterocycles. The summed E-state index contributed by atoms with van der Waals surface area (Å²) >= 11 is 10.7. The molecule has 20 heavy (non-hydrogen) atoms. The van der Waals surface area contributed by atoms with Gasteiger partial charge in [-0.2, -0.15) is 0 Å². The number of nitro groups is 1. The predicted octanol–water partition coefficient (Wildman–Crippen LogP) is 1.26. The van der Waals surface area contributed by atoms with Gasteiger partial charge in [0.15, 0.2) is 4.84 Å². The van der Waals surface area contributed by atoms with Gasteiger partial charge in [0.05, 0.1) is 17.1 Å². The monoisotopic (exact) mass is 322 g/mol. The van der Waals surface area contributed by atoms with Crippen molar-refractivity contribution in [3.05, 3.63) is 33.4 Å². The molecule has 0 aromatic heterocycles. The highest BCUT2D eigenvalue weighted by Crippen LogP contribution is 2.31. The van der Waals surface area contributed by atoms with Crippen molar-refractivity contribution in [1.82, 2.24) is 5.32 Å². The van der Waals surface area contributed by atoms with Crippen LogP contribution in [0.4, 0.5) is 5.69 Å². The molecule has 0 unspecified atom stereocenters. The normalized spacial score (nSPS) is 10.6. The van der Waals surface area contributed by atoms with Crippen LogP contribution >= 0.6 is 23.2 Å². The van der Waals surface area contributed by atoms with Crippen molar-refractivity contribution in [1.29, 1.82) is 0 Å². The number of rotatable bonds is 6. The van der Waals surface area contributed by atoms with Crippen molar-refractivity contribution in [2.45, 2.75) is 17.9 Å². The lowest BCUT2D eigenvalue weighted by Crippen LogP contribution is -2.30. The highest BCUT2D eigenvalue weighted by atomic mass is 35.5. The standard InChI is InChI=1S/C11H12Cl2N2O5/c12-10(13)11(18)14-4-3-6-1-2-8(15(19)20)7(5-16)9(6)17/h1-2,10,16-17H,3-5H2,(H,14,18). The molecule has 1 aromatic rings. The van der Waals surface area contributed by atoms with Crippen LogP contribution in [0.25, 0.3) is 0 Å². The predicted molar refractivity (Wildman–Crippen MR) is 72.9 cm³/mol. The highest BCUT2D eigenvalue weighted by Gasteiger charge is 2.20. The second-order valence-electron chi connectivity index (χ2n) is 3.83. The number of amides is 1. The molecule has 1 aromatic carbocycles. The van der Waals surface area contributed by atoms with Crippen LogP contribution in [0, 0.1) is 10.1 Å². The molecule has 0 radical (unpaired) electrons. The zero-order valence-electron chi connectivity index (χ0n) is 10.2. The number of hydrogen-bond acceptors (Lipinski definition) is 5. The van der Waals surface area contributed by atoms with Crippen LogP contribution in [0.2, 0.25) is 0 Å². The molecule has 1 amide bonds. The number of carbonyl (C=O) groups is 1. The van der Waals surface area contributed by atoms with Gasteiger partial charge in [-0.25, -0.2) is 0 Å². The first kappa shape index (κ1) is 16.5. The Morgan fingerprint density at radius 1 is 1.45 bits per heavy atom. The molecule has 0 aliphatic carbocycles. The third-order valence-electron chi connectivity index (χ3n) is 2.59. The SMILES string of the molecule is O=C(NCCc1ccc([N+](=O)[O-])c(CO)c1O)C(Cl)Cl. The van der Waals surface area contributed by atoms with E-state index in [2.05, 4.69) is 5.32 Å². The number of hydrogen-bond donors (Lipinski definition) is 3. The molecule has 0 aliphatic rings. The van der Waals surface area contributed by atoms with Crippen molar-refractivity contribution in [3.8, 4) is 5.75 Å². The van der Waals surface area contributed by atoms with Gasteiger partial charge in [0.1, 0.15) is 5.75 Å². The average molecular weight is 323 g/mol. The van der Waals surface area contributed by atoms with E-state index in [-0.39, 0.29) is 30.0 Å². The summed E-state index contributed by atoms with van der Waals surface area (Å²) in [4.78, 5) is 20.0. The Labute approximate surface area is 124 Å². The number of benzene rings is 1. The van der Waals surface area contributed by atoms with Gasteiger partial charge in [-0.3, -0.25) is 14.9 Å². The smallest absolute Gasteiger partial charge is 0.278 e. The molecule has 7 nitrogen and oxygen atoms in total. The van der Waals surface area contributed by atoms with Crippen LogP contribution in [0.3, 0.4) is 0 Å². The fourth-order valence-corrected chi connectivity index (χ4v) is 1.75. The van der Waals surface area contributed by atoms with Gasteiger partial charge in [0, 0.05) is 12.6 Å². The lowest BCUT2D eigenvalue weighted by molar-refractivity contribution is -0.386. The van der Waals surface area contributed by atoms with Gasteiger partial charge in [0.2, 0.25) is 0 Å². The van der Waals surface area contributed by atoms with E-state index in [1.807, 2.05) is 0 Å². The van der Waals surface area contributed by atoms with Crippen molar-refractivity contribution in [3.63, 3.8) is 0 Å². The first-order valence-corrected chi connectivity index (χ1v) is 6.40. The Kier molecular flexibility index (Phi) is 6.00. The zero-order valence-corrected chi connectivity index (χ0v) is 11.7. The molecule has 0 bridgehead atoms. The number of carbonyl (C=O) groups excluding carboxylic acids is 1. The summed E-state index contributed by atoms with van der Waals surface area (Å²) in [6, 6.07) is 2.55. The number of halogens is 2. The quantitative estimate of drug-likeness (QED) is 0.414. The van der Waals surface area contributed by atoms with Gasteiger partial charge in [0.25, 0.3) is 11.6 Å². The molecule has 0 atom stereocenters. The largest absolute Gasteiger partial charge is 0.507 e. The van der Waals surface area contributed by atoms with Gasteiger partial charge in [-0.15, -0.1) is 0 Å². The number of alkyl halides is 2. The van der Waals surface area contributed by atoms with Crippen LogP contribution in [0.5, 0.6) is 5.75 Å². The van der Waals surface area contributed by atoms with E-state index in [4.69, 9.17) is 28.3 Å². The van der Waals surface area contributed by atoms with Crippen LogP contribution in [-0.4, -0.2) is 32.4 Å². The van der Waals surface area contributed by atoms with Crippen LogP contribution < -0.4 is 5.32 Å². The fraction of sp³-hybridized carbons (Fsp3) is 0.364. The van der Waals surface area contributed by atoms with Crippen molar-refractivity contribution in [2.75, 3.05) is 6.54 Å². The van der Waals surface area contributed by atoms with E-state index in [1.54, 1.807) is 0 Å². The van der Waals surface area contributed by atoms with Gasteiger partial charge in [-0.1, -0.05) is 23.2 Å². The van der Waals surface area contributed by atoms with Gasteiger partial charge in [-0.05, 0) is 18.1 Å². The third kappa shape index (κ3) is 3.96. The van der Waals surface area contributed by atoms with Crippen molar-refractivity contribution in [2.24, 2.45) is 0 Å². The molecule has 9 heteroatoms. The first-order chi connectivity index (χ1) is 9.38. The molecule has 0 spiro atoms. The minimum atomic E-state index is -1.19. The Balaban J connectivity index is 2.82. The Bertz CT molecular complexity index is 522. The number of aliphatic hydroxyl groups excluding tert-OH is 1. The molecule has 0 saturated heterocycles. The number of phenols is 1. The third-order valence-corrected chi connectivity index (χ3v) is 2.98. The van der Waals surface area contributed by atoms with Gasteiger partial charge < -0.3 is 15.5 Å². The Morgan fingerprint density at radius 3 is 2.60 bits per heavy atom. The summed E-state index contributed by atoms with van der Waals surface area (Å²) in [6.07, 6.45) is 0.211. The van der Waals surface area contributed by atoms with Crippen LogP contribution in [0.1, 0.15) is 11.1 Å². The maximum absolute atomic E-state index is 11.1. The van der Waals surface area contributed by atoms with E-state index in [9.17, 15) is 20.0 Å². The summed E-state index contributed by atoms with van der Waals surface area (Å²) in [5.41, 5.74) is -0.161. The molecule has 1 rings (SSSR count). The maximum Gasteiger partial charge on any atom is 0.278 e. The summed E-state index contributed by atoms with van der Waals surface area (Å²) in [5, 5.41) is 32.1. The molecule has 110 valence electrons. The van der Waals surface area contributed by atoms with Crippen molar-refractivity contribution >= 4 is 34.8 Å². The molecule has 0 saturated carbocycles. The van der Waals surface area contributed by atoms with E-state index < -0.39 is 22.3 Å². The Morgan fingerprint density at radius 2 is 2.10 bits per heavy atom. The molecular formula is C11H12Cl2N2O5. The zero-order chi connectivity index (χ0) is 15.3. The van der Waals surface area contributed by atoms with Crippen LogP contribution in [0.15, 0.2) is 12.1 Å². The number of aromatic hydroxyl groups is 1. The highest BCUT2D eigenvalue weighted by molar-refractivity contribution is 6.53. The number of nitrogens with zero attached hydrogens (tertiary/aromatic N) is 1. The fourth-order valence-electron chi connectivity index (χ4n) is 1.60. The summed E-state index contributed by atoms with van der Waals surface area (Å²) in [5.74, 6) is -0.929.